The van der Waals surface area contributed by atoms with Gasteiger partial charge in [-0.1, -0.05) is 0 Å². The van der Waals surface area contributed by atoms with Crippen LogP contribution < -0.4 is 11.2 Å². The third-order valence-electron chi connectivity index (χ3n) is 3.60. The van der Waals surface area contributed by atoms with Crippen molar-refractivity contribution in [3.05, 3.63) is 27.2 Å². The quantitative estimate of drug-likeness (QED) is 0.612. The summed E-state index contributed by atoms with van der Waals surface area (Å²) in [5, 5.41) is 18.6. The van der Waals surface area contributed by atoms with Gasteiger partial charge in [-0.25, -0.2) is 9.78 Å². The number of imidazole rings is 1. The molecule has 8 nitrogen and oxygen atoms in total. The molecule has 0 aliphatic heterocycles. The molecule has 0 fully saturated rings. The molecule has 0 bridgehead atoms. The molecule has 0 aromatic carbocycles. The molecular weight excluding hydrogens is 276 g/mol. The Balaban J connectivity index is 2.16. The Bertz CT molecular complexity index is 741. The fourth-order valence-electron chi connectivity index (χ4n) is 2.24. The lowest BCUT2D eigenvalue weighted by Gasteiger charge is -2.19. The van der Waals surface area contributed by atoms with Crippen molar-refractivity contribution < 1.29 is 10.2 Å². The molecule has 2 rings (SSSR count). The lowest BCUT2D eigenvalue weighted by atomic mass is 10.0. The van der Waals surface area contributed by atoms with Crippen molar-refractivity contribution in [2.45, 2.75) is 38.3 Å². The summed E-state index contributed by atoms with van der Waals surface area (Å²) in [7, 11) is 1.57. The van der Waals surface area contributed by atoms with E-state index in [9.17, 15) is 14.7 Å². The van der Waals surface area contributed by atoms with Crippen LogP contribution in [0.15, 0.2) is 15.9 Å². The van der Waals surface area contributed by atoms with E-state index < -0.39 is 11.3 Å². The number of rotatable bonds is 6. The number of aliphatic hydroxyl groups excluding tert-OH is 1. The Morgan fingerprint density at radius 1 is 1.38 bits per heavy atom. The number of aromatic amines is 1. The minimum absolute atomic E-state index is 0.266. The fraction of sp³-hybridized carbons (Fsp3) is 0.615. The highest BCUT2D eigenvalue weighted by molar-refractivity contribution is 5.68. The van der Waals surface area contributed by atoms with Crippen molar-refractivity contribution in [1.82, 2.24) is 19.1 Å². The molecule has 2 heterocycles. The molecule has 8 heteroatoms. The molecule has 2 aromatic rings. The van der Waals surface area contributed by atoms with E-state index in [1.54, 1.807) is 14.0 Å². The van der Waals surface area contributed by atoms with E-state index in [-0.39, 0.29) is 18.7 Å². The number of unbranched alkanes of at least 4 members (excludes halogenated alkanes) is 1. The molecule has 0 saturated heterocycles. The second-order valence-corrected chi connectivity index (χ2v) is 5.51. The number of H-pyrrole nitrogens is 1. The largest absolute Gasteiger partial charge is 0.393 e. The van der Waals surface area contributed by atoms with Crippen LogP contribution in [-0.2, 0) is 13.6 Å². The molecular formula is C13H20N4O4. The SMILES string of the molecule is Cn1c(=O)n(CCCCC(C)(O)CO)c(=O)c2[nH]cnc21. The molecule has 1 unspecified atom stereocenters. The summed E-state index contributed by atoms with van der Waals surface area (Å²) in [6.07, 6.45) is 2.95. The standard InChI is InChI=1S/C13H20N4O4/c1-13(21,7-18)5-3-4-6-17-11(19)9-10(15-8-14-9)16(2)12(17)20/h8,18,21H,3-7H2,1-2H3,(H,14,15). The Kier molecular flexibility index (Phi) is 4.29. The maximum absolute atomic E-state index is 12.2. The van der Waals surface area contributed by atoms with Gasteiger partial charge in [-0.2, -0.15) is 0 Å². The van der Waals surface area contributed by atoms with E-state index in [1.807, 2.05) is 0 Å². The van der Waals surface area contributed by atoms with Gasteiger partial charge >= 0.3 is 5.69 Å². The van der Waals surface area contributed by atoms with E-state index in [1.165, 1.54) is 10.9 Å². The first-order valence-electron chi connectivity index (χ1n) is 6.83. The van der Waals surface area contributed by atoms with E-state index in [2.05, 4.69) is 9.97 Å². The minimum Gasteiger partial charge on any atom is -0.393 e. The number of aryl methyl sites for hydroxylation is 1. The second-order valence-electron chi connectivity index (χ2n) is 5.51. The van der Waals surface area contributed by atoms with Crippen LogP contribution in [0.25, 0.3) is 11.2 Å². The predicted molar refractivity (Wildman–Crippen MR) is 77.2 cm³/mol. The molecule has 116 valence electrons. The molecule has 0 spiro atoms. The Morgan fingerprint density at radius 3 is 2.76 bits per heavy atom. The first-order valence-corrected chi connectivity index (χ1v) is 6.83. The van der Waals surface area contributed by atoms with Gasteiger partial charge in [0.15, 0.2) is 5.65 Å². The monoisotopic (exact) mass is 296 g/mol. The third kappa shape index (κ3) is 3.06. The number of nitrogens with one attached hydrogen (secondary N) is 1. The first kappa shape index (κ1) is 15.5. The number of nitrogens with zero attached hydrogens (tertiary/aromatic N) is 3. The van der Waals surface area contributed by atoms with Crippen molar-refractivity contribution in [2.24, 2.45) is 7.05 Å². The van der Waals surface area contributed by atoms with Crippen LogP contribution in [0.1, 0.15) is 26.2 Å². The van der Waals surface area contributed by atoms with Gasteiger partial charge in [-0.3, -0.25) is 13.9 Å². The zero-order chi connectivity index (χ0) is 15.6. The summed E-state index contributed by atoms with van der Waals surface area (Å²) in [5.74, 6) is 0. The maximum atomic E-state index is 12.2. The van der Waals surface area contributed by atoms with Crippen molar-refractivity contribution in [3.8, 4) is 0 Å². The lowest BCUT2D eigenvalue weighted by Crippen LogP contribution is -2.39. The normalized spacial score (nSPS) is 14.5. The molecule has 21 heavy (non-hydrogen) atoms. The number of hydrogen-bond acceptors (Lipinski definition) is 5. The number of aliphatic hydroxyl groups is 2. The highest BCUT2D eigenvalue weighted by Crippen LogP contribution is 2.12. The highest BCUT2D eigenvalue weighted by Gasteiger charge is 2.18. The van der Waals surface area contributed by atoms with Gasteiger partial charge < -0.3 is 15.2 Å². The van der Waals surface area contributed by atoms with Gasteiger partial charge in [0.05, 0.1) is 18.5 Å². The van der Waals surface area contributed by atoms with Gasteiger partial charge in [0.2, 0.25) is 0 Å². The van der Waals surface area contributed by atoms with Crippen LogP contribution in [-0.4, -0.2) is 41.5 Å². The first-order chi connectivity index (χ1) is 9.87. The topological polar surface area (TPSA) is 113 Å². The van der Waals surface area contributed by atoms with Crippen molar-refractivity contribution in [2.75, 3.05) is 6.61 Å². The molecule has 0 saturated carbocycles. The van der Waals surface area contributed by atoms with E-state index >= 15 is 0 Å². The van der Waals surface area contributed by atoms with Crippen LogP contribution in [0.4, 0.5) is 0 Å². The fourth-order valence-corrected chi connectivity index (χ4v) is 2.24. The molecule has 0 amide bonds. The highest BCUT2D eigenvalue weighted by atomic mass is 16.3. The zero-order valence-electron chi connectivity index (χ0n) is 12.2. The predicted octanol–water partition coefficient (Wildman–Crippen LogP) is -0.663. The van der Waals surface area contributed by atoms with Crippen LogP contribution in [0.2, 0.25) is 0 Å². The Labute approximate surface area is 120 Å². The molecule has 1 atom stereocenters. The summed E-state index contributed by atoms with van der Waals surface area (Å²) >= 11 is 0. The Hall–Kier alpha value is -1.93. The maximum Gasteiger partial charge on any atom is 0.332 e. The van der Waals surface area contributed by atoms with Crippen LogP contribution in [0.5, 0.6) is 0 Å². The average molecular weight is 296 g/mol. The number of aromatic nitrogens is 4. The third-order valence-corrected chi connectivity index (χ3v) is 3.60. The van der Waals surface area contributed by atoms with Gasteiger partial charge in [0.25, 0.3) is 5.56 Å². The van der Waals surface area contributed by atoms with Crippen molar-refractivity contribution >= 4 is 11.2 Å². The molecule has 0 aliphatic carbocycles. The molecule has 2 aromatic heterocycles. The Morgan fingerprint density at radius 2 is 2.10 bits per heavy atom. The summed E-state index contributed by atoms with van der Waals surface area (Å²) in [6, 6.07) is 0. The van der Waals surface area contributed by atoms with Crippen LogP contribution >= 0.6 is 0 Å². The van der Waals surface area contributed by atoms with Crippen LogP contribution in [0.3, 0.4) is 0 Å². The van der Waals surface area contributed by atoms with E-state index in [4.69, 9.17) is 5.11 Å². The molecule has 0 radical (unpaired) electrons. The summed E-state index contributed by atoms with van der Waals surface area (Å²) in [6.45, 7) is 1.51. The smallest absolute Gasteiger partial charge is 0.332 e. The number of hydrogen-bond donors (Lipinski definition) is 3. The summed E-state index contributed by atoms with van der Waals surface area (Å²) in [5.41, 5.74) is -1.28. The van der Waals surface area contributed by atoms with Crippen LogP contribution in [0, 0.1) is 0 Å². The van der Waals surface area contributed by atoms with E-state index in [0.29, 0.717) is 30.4 Å². The molecule has 0 aliphatic rings. The van der Waals surface area contributed by atoms with Gasteiger partial charge in [0, 0.05) is 13.6 Å². The summed E-state index contributed by atoms with van der Waals surface area (Å²) in [4.78, 5) is 31.0. The zero-order valence-corrected chi connectivity index (χ0v) is 12.2. The van der Waals surface area contributed by atoms with Gasteiger partial charge in [0.1, 0.15) is 5.52 Å². The lowest BCUT2D eigenvalue weighted by molar-refractivity contribution is -0.00705. The van der Waals surface area contributed by atoms with E-state index in [0.717, 1.165) is 4.57 Å². The molecule has 3 N–H and O–H groups in total. The van der Waals surface area contributed by atoms with Gasteiger partial charge in [-0.15, -0.1) is 0 Å². The van der Waals surface area contributed by atoms with Crippen molar-refractivity contribution in [3.63, 3.8) is 0 Å². The number of fused-ring (bicyclic) bond motifs is 1. The summed E-state index contributed by atoms with van der Waals surface area (Å²) < 4.78 is 2.49. The second kappa shape index (κ2) is 5.82. The average Bonchev–Trinajstić information content (AvgIpc) is 2.94. The van der Waals surface area contributed by atoms with Crippen molar-refractivity contribution in [1.29, 1.82) is 0 Å². The van der Waals surface area contributed by atoms with Gasteiger partial charge in [-0.05, 0) is 26.2 Å². The minimum atomic E-state index is -1.12.